The van der Waals surface area contributed by atoms with Gasteiger partial charge in [-0.3, -0.25) is 14.3 Å². The van der Waals surface area contributed by atoms with E-state index in [1.54, 1.807) is 41.6 Å². The molecule has 1 aliphatic carbocycles. The van der Waals surface area contributed by atoms with E-state index in [9.17, 15) is 4.79 Å². The monoisotopic (exact) mass is 452 g/mol. The third-order valence-electron chi connectivity index (χ3n) is 4.75. The van der Waals surface area contributed by atoms with E-state index in [0.717, 1.165) is 29.4 Å². The number of pyridine rings is 1. The number of thioether (sulfide) groups is 1. The van der Waals surface area contributed by atoms with Gasteiger partial charge in [-0.2, -0.15) is 5.10 Å². The molecule has 156 valence electrons. The van der Waals surface area contributed by atoms with Gasteiger partial charge in [-0.1, -0.05) is 23.4 Å². The molecule has 5 rings (SSSR count). The maximum Gasteiger partial charge on any atom is 0.234 e. The van der Waals surface area contributed by atoms with Crippen molar-refractivity contribution in [3.8, 4) is 17.1 Å². The molecular weight excluding hydrogens is 436 g/mol. The Morgan fingerprint density at radius 3 is 2.74 bits per heavy atom. The second-order valence-electron chi connectivity index (χ2n) is 6.98. The lowest BCUT2D eigenvalue weighted by atomic mass is 10.2. The van der Waals surface area contributed by atoms with Crippen molar-refractivity contribution in [1.82, 2.24) is 34.5 Å². The van der Waals surface area contributed by atoms with Gasteiger partial charge in [0.25, 0.3) is 0 Å². The van der Waals surface area contributed by atoms with Gasteiger partial charge in [0.1, 0.15) is 12.7 Å². The molecule has 1 saturated carbocycles. The molecule has 0 spiro atoms. The van der Waals surface area contributed by atoms with Gasteiger partial charge in [-0.25, -0.2) is 9.67 Å². The van der Waals surface area contributed by atoms with Crippen LogP contribution in [0.4, 0.5) is 5.69 Å². The third-order valence-corrected chi connectivity index (χ3v) is 5.92. The van der Waals surface area contributed by atoms with Gasteiger partial charge in [0.05, 0.1) is 17.1 Å². The molecule has 0 atom stereocenters. The number of benzene rings is 1. The Hall–Kier alpha value is -3.24. The van der Waals surface area contributed by atoms with Crippen molar-refractivity contribution in [2.24, 2.45) is 0 Å². The summed E-state index contributed by atoms with van der Waals surface area (Å²) >= 11 is 7.49. The van der Waals surface area contributed by atoms with Crippen molar-refractivity contribution in [3.05, 3.63) is 60.4 Å². The van der Waals surface area contributed by atoms with Gasteiger partial charge in [-0.15, -0.1) is 10.2 Å². The van der Waals surface area contributed by atoms with E-state index in [-0.39, 0.29) is 11.7 Å². The Bertz CT molecular complexity index is 1210. The van der Waals surface area contributed by atoms with Crippen LogP contribution < -0.4 is 5.32 Å². The van der Waals surface area contributed by atoms with Crippen molar-refractivity contribution < 1.29 is 4.79 Å². The molecule has 0 radical (unpaired) electrons. The topological polar surface area (TPSA) is 103 Å². The zero-order valence-electron chi connectivity index (χ0n) is 16.2. The highest BCUT2D eigenvalue weighted by Crippen LogP contribution is 2.41. The standard InChI is InChI=1S/C20H17ClN8OS/c21-14-1-4-17(28-12-23-11-24-28)16(9-14)25-18(30)10-31-20-27-26-19(29(20)15-2-3-15)13-5-7-22-8-6-13/h1,4-9,11-12,15H,2-3,10H2,(H,25,30). The highest BCUT2D eigenvalue weighted by Gasteiger charge is 2.30. The summed E-state index contributed by atoms with van der Waals surface area (Å²) in [5.74, 6) is 0.811. The quantitative estimate of drug-likeness (QED) is 0.427. The van der Waals surface area contributed by atoms with Crippen LogP contribution in [0.3, 0.4) is 0 Å². The van der Waals surface area contributed by atoms with Crippen molar-refractivity contribution in [3.63, 3.8) is 0 Å². The normalized spacial score (nSPS) is 13.3. The second-order valence-corrected chi connectivity index (χ2v) is 8.36. The first kappa shape index (κ1) is 19.7. The fourth-order valence-electron chi connectivity index (χ4n) is 3.19. The maximum absolute atomic E-state index is 12.7. The van der Waals surface area contributed by atoms with Crippen LogP contribution in [0, 0.1) is 0 Å². The SMILES string of the molecule is O=C(CSc1nnc(-c2ccncc2)n1C1CC1)Nc1cc(Cl)ccc1-n1cncn1. The molecule has 3 aromatic heterocycles. The van der Waals surface area contributed by atoms with Crippen molar-refractivity contribution in [1.29, 1.82) is 0 Å². The molecule has 0 saturated heterocycles. The van der Waals surface area contributed by atoms with Crippen molar-refractivity contribution >= 4 is 35.0 Å². The largest absolute Gasteiger partial charge is 0.323 e. The van der Waals surface area contributed by atoms with E-state index < -0.39 is 0 Å². The van der Waals surface area contributed by atoms with E-state index in [1.807, 2.05) is 12.1 Å². The summed E-state index contributed by atoms with van der Waals surface area (Å²) in [6.45, 7) is 0. The minimum Gasteiger partial charge on any atom is -0.323 e. The first-order valence-corrected chi connectivity index (χ1v) is 11.0. The Balaban J connectivity index is 1.32. The minimum atomic E-state index is -0.176. The van der Waals surface area contributed by atoms with E-state index in [4.69, 9.17) is 11.6 Å². The lowest BCUT2D eigenvalue weighted by molar-refractivity contribution is -0.113. The van der Waals surface area contributed by atoms with E-state index >= 15 is 0 Å². The van der Waals surface area contributed by atoms with Gasteiger partial charge in [-0.05, 0) is 43.2 Å². The molecule has 3 heterocycles. The number of nitrogens with zero attached hydrogens (tertiary/aromatic N) is 7. The number of hydrogen-bond donors (Lipinski definition) is 1. The summed E-state index contributed by atoms with van der Waals surface area (Å²) in [4.78, 5) is 20.7. The first-order valence-electron chi connectivity index (χ1n) is 9.61. The van der Waals surface area contributed by atoms with Crippen molar-refractivity contribution in [2.45, 2.75) is 24.0 Å². The Kier molecular flexibility index (Phi) is 5.39. The molecule has 0 aliphatic heterocycles. The molecule has 1 fully saturated rings. The lowest BCUT2D eigenvalue weighted by Gasteiger charge is -2.12. The highest BCUT2D eigenvalue weighted by atomic mass is 35.5. The second kappa shape index (κ2) is 8.48. The molecule has 0 unspecified atom stereocenters. The maximum atomic E-state index is 12.7. The van der Waals surface area contributed by atoms with Crippen LogP contribution in [0.2, 0.25) is 5.02 Å². The number of carbonyl (C=O) groups excluding carboxylic acids is 1. The van der Waals surface area contributed by atoms with Crippen LogP contribution in [-0.2, 0) is 4.79 Å². The fourth-order valence-corrected chi connectivity index (χ4v) is 4.17. The van der Waals surface area contributed by atoms with Crippen LogP contribution in [0.25, 0.3) is 17.1 Å². The first-order chi connectivity index (χ1) is 15.2. The molecular formula is C20H17ClN8OS. The summed E-state index contributed by atoms with van der Waals surface area (Å²) < 4.78 is 3.69. The number of halogens is 1. The summed E-state index contributed by atoms with van der Waals surface area (Å²) in [6, 6.07) is 9.40. The minimum absolute atomic E-state index is 0.176. The molecule has 1 aromatic carbocycles. The number of hydrogen-bond acceptors (Lipinski definition) is 7. The van der Waals surface area contributed by atoms with E-state index in [2.05, 4.69) is 35.1 Å². The smallest absolute Gasteiger partial charge is 0.234 e. The zero-order chi connectivity index (χ0) is 21.2. The Labute approximate surface area is 186 Å². The summed E-state index contributed by atoms with van der Waals surface area (Å²) in [5, 5.41) is 17.0. The number of carbonyl (C=O) groups is 1. The average molecular weight is 453 g/mol. The van der Waals surface area contributed by atoms with Crippen LogP contribution in [0.5, 0.6) is 0 Å². The predicted molar refractivity (Wildman–Crippen MR) is 117 cm³/mol. The van der Waals surface area contributed by atoms with Gasteiger partial charge >= 0.3 is 0 Å². The van der Waals surface area contributed by atoms with Gasteiger partial charge in [0.15, 0.2) is 11.0 Å². The molecule has 11 heteroatoms. The Morgan fingerprint density at radius 1 is 1.16 bits per heavy atom. The van der Waals surface area contributed by atoms with Crippen LogP contribution in [-0.4, -0.2) is 46.2 Å². The molecule has 31 heavy (non-hydrogen) atoms. The van der Waals surface area contributed by atoms with Gasteiger partial charge in [0, 0.05) is 29.0 Å². The van der Waals surface area contributed by atoms with Crippen LogP contribution in [0.1, 0.15) is 18.9 Å². The Morgan fingerprint density at radius 2 is 2.00 bits per heavy atom. The zero-order valence-corrected chi connectivity index (χ0v) is 17.8. The van der Waals surface area contributed by atoms with Crippen molar-refractivity contribution in [2.75, 3.05) is 11.1 Å². The predicted octanol–water partition coefficient (Wildman–Crippen LogP) is 3.64. The summed E-state index contributed by atoms with van der Waals surface area (Å²) in [6.07, 6.45) is 8.63. The van der Waals surface area contributed by atoms with Gasteiger partial charge < -0.3 is 5.32 Å². The number of amides is 1. The number of aromatic nitrogens is 7. The summed E-state index contributed by atoms with van der Waals surface area (Å²) in [5.41, 5.74) is 2.20. The number of anilines is 1. The van der Waals surface area contributed by atoms with Crippen LogP contribution >= 0.6 is 23.4 Å². The fraction of sp³-hybridized carbons (Fsp3) is 0.200. The van der Waals surface area contributed by atoms with E-state index in [1.165, 1.54) is 18.1 Å². The summed E-state index contributed by atoms with van der Waals surface area (Å²) in [7, 11) is 0. The number of nitrogens with one attached hydrogen (secondary N) is 1. The molecule has 0 bridgehead atoms. The average Bonchev–Trinajstić information content (AvgIpc) is 3.30. The lowest BCUT2D eigenvalue weighted by Crippen LogP contribution is -2.16. The molecule has 1 aliphatic rings. The van der Waals surface area contributed by atoms with Gasteiger partial charge in [0.2, 0.25) is 5.91 Å². The van der Waals surface area contributed by atoms with E-state index in [0.29, 0.717) is 22.4 Å². The molecule has 4 aromatic rings. The highest BCUT2D eigenvalue weighted by molar-refractivity contribution is 7.99. The van der Waals surface area contributed by atoms with Crippen LogP contribution in [0.15, 0.2) is 60.5 Å². The number of rotatable bonds is 7. The molecule has 9 nitrogen and oxygen atoms in total. The third kappa shape index (κ3) is 4.30. The molecule has 1 amide bonds. The molecule has 1 N–H and O–H groups in total.